The van der Waals surface area contributed by atoms with Gasteiger partial charge >= 0.3 is 5.97 Å². The Morgan fingerprint density at radius 1 is 1.08 bits per heavy atom. The number of hydrogen-bond donors (Lipinski definition) is 0. The van der Waals surface area contributed by atoms with Crippen LogP contribution < -0.4 is 9.47 Å². The lowest BCUT2D eigenvalue weighted by molar-refractivity contribution is 0.0461. The SMILES string of the molecule is COc1cccc(OC)c1C(=O)OCc1cn2cc(C)ccc2n1. The zero-order valence-electron chi connectivity index (χ0n) is 13.8. The molecule has 124 valence electrons. The molecule has 0 unspecified atom stereocenters. The monoisotopic (exact) mass is 326 g/mol. The molecule has 0 radical (unpaired) electrons. The van der Waals surface area contributed by atoms with E-state index in [-0.39, 0.29) is 12.2 Å². The summed E-state index contributed by atoms with van der Waals surface area (Å²) >= 11 is 0. The Labute approximate surface area is 139 Å². The van der Waals surface area contributed by atoms with Gasteiger partial charge in [0, 0.05) is 12.4 Å². The summed E-state index contributed by atoms with van der Waals surface area (Å²) in [5.41, 5.74) is 2.87. The molecule has 2 heterocycles. The summed E-state index contributed by atoms with van der Waals surface area (Å²) in [6, 6.07) is 9.03. The molecular weight excluding hydrogens is 308 g/mol. The molecule has 0 atom stereocenters. The van der Waals surface area contributed by atoms with Crippen molar-refractivity contribution in [2.45, 2.75) is 13.5 Å². The first-order chi connectivity index (χ1) is 11.6. The number of aryl methyl sites for hydroxylation is 1. The Morgan fingerprint density at radius 3 is 2.46 bits per heavy atom. The minimum atomic E-state index is -0.516. The number of pyridine rings is 1. The average Bonchev–Trinajstić information content (AvgIpc) is 3.00. The molecule has 0 aliphatic carbocycles. The van der Waals surface area contributed by atoms with E-state index in [0.717, 1.165) is 11.2 Å². The third-order valence-corrected chi connectivity index (χ3v) is 3.63. The van der Waals surface area contributed by atoms with Crippen molar-refractivity contribution in [3.05, 3.63) is 59.5 Å². The molecule has 24 heavy (non-hydrogen) atoms. The van der Waals surface area contributed by atoms with Crippen molar-refractivity contribution in [3.8, 4) is 11.5 Å². The van der Waals surface area contributed by atoms with Crippen molar-refractivity contribution in [1.82, 2.24) is 9.38 Å². The largest absolute Gasteiger partial charge is 0.496 e. The summed E-state index contributed by atoms with van der Waals surface area (Å²) < 4.78 is 17.7. The summed E-state index contributed by atoms with van der Waals surface area (Å²) in [4.78, 5) is 16.9. The third kappa shape index (κ3) is 3.03. The van der Waals surface area contributed by atoms with E-state index in [2.05, 4.69) is 4.98 Å². The Bertz CT molecular complexity index is 864. The van der Waals surface area contributed by atoms with Crippen molar-refractivity contribution in [2.75, 3.05) is 14.2 Å². The summed E-state index contributed by atoms with van der Waals surface area (Å²) in [6.07, 6.45) is 3.81. The van der Waals surface area contributed by atoms with Crippen LogP contribution in [0.3, 0.4) is 0 Å². The summed E-state index contributed by atoms with van der Waals surface area (Å²) in [5, 5.41) is 0. The molecule has 2 aromatic heterocycles. The Hall–Kier alpha value is -3.02. The number of ether oxygens (including phenoxy) is 3. The van der Waals surface area contributed by atoms with Crippen molar-refractivity contribution >= 4 is 11.6 Å². The van der Waals surface area contributed by atoms with Gasteiger partial charge in [-0.05, 0) is 30.7 Å². The number of aromatic nitrogens is 2. The molecule has 0 aliphatic heterocycles. The fraction of sp³-hybridized carbons (Fsp3) is 0.222. The van der Waals surface area contributed by atoms with Gasteiger partial charge in [0.25, 0.3) is 0 Å². The standard InChI is InChI=1S/C18H18N2O4/c1-12-7-8-16-19-13(10-20(16)9-12)11-24-18(21)17-14(22-2)5-4-6-15(17)23-3/h4-10H,11H2,1-3H3. The van der Waals surface area contributed by atoms with Gasteiger partial charge < -0.3 is 18.6 Å². The lowest BCUT2D eigenvalue weighted by Gasteiger charge is -2.11. The van der Waals surface area contributed by atoms with Gasteiger partial charge in [-0.15, -0.1) is 0 Å². The van der Waals surface area contributed by atoms with Crippen LogP contribution in [0.1, 0.15) is 21.6 Å². The predicted octanol–water partition coefficient (Wildman–Crippen LogP) is 3.02. The summed E-state index contributed by atoms with van der Waals surface area (Å²) in [6.45, 7) is 2.08. The van der Waals surface area contributed by atoms with E-state index >= 15 is 0 Å². The number of rotatable bonds is 5. The number of carbonyl (C=O) groups excluding carboxylic acids is 1. The van der Waals surface area contributed by atoms with Crippen molar-refractivity contribution in [3.63, 3.8) is 0 Å². The molecule has 0 saturated heterocycles. The van der Waals surface area contributed by atoms with Gasteiger partial charge in [0.05, 0.1) is 19.9 Å². The highest BCUT2D eigenvalue weighted by molar-refractivity contribution is 5.95. The first-order valence-electron chi connectivity index (χ1n) is 7.44. The van der Waals surface area contributed by atoms with E-state index in [4.69, 9.17) is 14.2 Å². The van der Waals surface area contributed by atoms with Crippen LogP contribution in [0.4, 0.5) is 0 Å². The topological polar surface area (TPSA) is 62.1 Å². The Morgan fingerprint density at radius 2 is 1.79 bits per heavy atom. The third-order valence-electron chi connectivity index (χ3n) is 3.63. The van der Waals surface area contributed by atoms with E-state index in [1.165, 1.54) is 14.2 Å². The predicted molar refractivity (Wildman–Crippen MR) is 88.6 cm³/mol. The van der Waals surface area contributed by atoms with Crippen LogP contribution in [0.15, 0.2) is 42.7 Å². The quantitative estimate of drug-likeness (QED) is 0.675. The van der Waals surface area contributed by atoms with Crippen molar-refractivity contribution < 1.29 is 19.0 Å². The maximum atomic E-state index is 12.4. The zero-order chi connectivity index (χ0) is 17.1. The fourth-order valence-corrected chi connectivity index (χ4v) is 2.49. The zero-order valence-corrected chi connectivity index (χ0v) is 13.8. The van der Waals surface area contributed by atoms with Crippen molar-refractivity contribution in [1.29, 1.82) is 0 Å². The normalized spacial score (nSPS) is 10.6. The maximum Gasteiger partial charge on any atom is 0.346 e. The first-order valence-corrected chi connectivity index (χ1v) is 7.44. The van der Waals surface area contributed by atoms with Crippen LogP contribution >= 0.6 is 0 Å². The Balaban J connectivity index is 1.80. The lowest BCUT2D eigenvalue weighted by Crippen LogP contribution is -2.09. The molecule has 0 saturated carbocycles. The second-order valence-electron chi connectivity index (χ2n) is 5.32. The van der Waals surface area contributed by atoms with Gasteiger partial charge in [0.1, 0.15) is 29.3 Å². The number of nitrogens with zero attached hydrogens (tertiary/aromatic N) is 2. The number of carbonyl (C=O) groups is 1. The molecule has 0 aliphatic rings. The highest BCUT2D eigenvalue weighted by Gasteiger charge is 2.20. The summed E-state index contributed by atoms with van der Waals surface area (Å²) in [7, 11) is 2.99. The molecule has 0 bridgehead atoms. The fourth-order valence-electron chi connectivity index (χ4n) is 2.49. The minimum Gasteiger partial charge on any atom is -0.496 e. The Kier molecular flexibility index (Phi) is 4.37. The number of methoxy groups -OCH3 is 2. The number of imidazole rings is 1. The van der Waals surface area contributed by atoms with E-state index in [9.17, 15) is 4.79 Å². The summed E-state index contributed by atoms with van der Waals surface area (Å²) in [5.74, 6) is 0.299. The first kappa shape index (κ1) is 15.9. The molecule has 0 fully saturated rings. The molecule has 1 aromatic carbocycles. The number of benzene rings is 1. The molecule has 0 N–H and O–H groups in total. The van der Waals surface area contributed by atoms with E-state index in [0.29, 0.717) is 17.2 Å². The average molecular weight is 326 g/mol. The second-order valence-corrected chi connectivity index (χ2v) is 5.32. The van der Waals surface area contributed by atoms with Crippen LogP contribution in [-0.4, -0.2) is 29.6 Å². The van der Waals surface area contributed by atoms with Gasteiger partial charge in [-0.2, -0.15) is 0 Å². The van der Waals surface area contributed by atoms with Crippen molar-refractivity contribution in [2.24, 2.45) is 0 Å². The molecule has 0 spiro atoms. The molecule has 6 nitrogen and oxygen atoms in total. The van der Waals surface area contributed by atoms with Gasteiger partial charge in [-0.25, -0.2) is 9.78 Å². The number of hydrogen-bond acceptors (Lipinski definition) is 5. The van der Waals surface area contributed by atoms with Gasteiger partial charge in [0.15, 0.2) is 0 Å². The van der Waals surface area contributed by atoms with Gasteiger partial charge in [0.2, 0.25) is 0 Å². The van der Waals surface area contributed by atoms with Gasteiger partial charge in [-0.1, -0.05) is 12.1 Å². The van der Waals surface area contributed by atoms with Crippen LogP contribution in [0.25, 0.3) is 5.65 Å². The molecular formula is C18H18N2O4. The number of esters is 1. The molecule has 6 heteroatoms. The van der Waals surface area contributed by atoms with E-state index in [1.54, 1.807) is 18.2 Å². The molecule has 3 rings (SSSR count). The molecule has 3 aromatic rings. The highest BCUT2D eigenvalue weighted by Crippen LogP contribution is 2.29. The van der Waals surface area contributed by atoms with Crippen LogP contribution in [0.5, 0.6) is 11.5 Å². The van der Waals surface area contributed by atoms with Gasteiger partial charge in [-0.3, -0.25) is 0 Å². The van der Waals surface area contributed by atoms with Crippen LogP contribution in [-0.2, 0) is 11.3 Å². The second kappa shape index (κ2) is 6.62. The van der Waals surface area contributed by atoms with E-state index in [1.807, 2.05) is 35.9 Å². The highest BCUT2D eigenvalue weighted by atomic mass is 16.5. The maximum absolute atomic E-state index is 12.4. The van der Waals surface area contributed by atoms with Crippen LogP contribution in [0, 0.1) is 6.92 Å². The molecule has 0 amide bonds. The number of fused-ring (bicyclic) bond motifs is 1. The van der Waals surface area contributed by atoms with E-state index < -0.39 is 5.97 Å². The minimum absolute atomic E-state index is 0.0702. The van der Waals surface area contributed by atoms with Crippen LogP contribution in [0.2, 0.25) is 0 Å². The smallest absolute Gasteiger partial charge is 0.346 e. The lowest BCUT2D eigenvalue weighted by atomic mass is 10.2.